The summed E-state index contributed by atoms with van der Waals surface area (Å²) in [5, 5.41) is 0. The molecule has 0 saturated carbocycles. The smallest absolute Gasteiger partial charge is 0.427 e. The fourth-order valence-electron chi connectivity index (χ4n) is 5.58. The minimum Gasteiger partial charge on any atom is -0.443 e. The number of anilines is 2. The van der Waals surface area contributed by atoms with Gasteiger partial charge in [-0.25, -0.2) is 14.6 Å². The maximum atomic E-state index is 14.3. The number of piperazine rings is 1. The van der Waals surface area contributed by atoms with Crippen molar-refractivity contribution in [2.75, 3.05) is 36.0 Å². The molecule has 0 radical (unpaired) electrons. The average Bonchev–Trinajstić information content (AvgIpc) is 3.28. The average molecular weight is 636 g/mol. The molecule has 248 valence electrons. The first-order chi connectivity index (χ1) is 21.4. The Kier molecular flexibility index (Phi) is 9.79. The summed E-state index contributed by atoms with van der Waals surface area (Å²) in [5.41, 5.74) is 0.173. The van der Waals surface area contributed by atoms with Crippen LogP contribution in [-0.2, 0) is 14.3 Å². The number of rotatable bonds is 4. The molecule has 4 rings (SSSR count). The van der Waals surface area contributed by atoms with Crippen LogP contribution in [0.3, 0.4) is 0 Å². The van der Waals surface area contributed by atoms with Crippen molar-refractivity contribution in [2.45, 2.75) is 92.4 Å². The van der Waals surface area contributed by atoms with Gasteiger partial charge in [0.05, 0.1) is 11.1 Å². The lowest BCUT2D eigenvalue weighted by molar-refractivity contribution is -0.117. The van der Waals surface area contributed by atoms with Crippen molar-refractivity contribution in [1.29, 1.82) is 0 Å². The molecule has 2 aliphatic heterocycles. The van der Waals surface area contributed by atoms with Crippen LogP contribution in [0.25, 0.3) is 0 Å². The summed E-state index contributed by atoms with van der Waals surface area (Å²) in [6.07, 6.45) is 0.301. The van der Waals surface area contributed by atoms with Crippen molar-refractivity contribution in [3.63, 3.8) is 0 Å². The normalized spacial score (nSPS) is 17.2. The van der Waals surface area contributed by atoms with Crippen molar-refractivity contribution in [1.82, 2.24) is 14.8 Å². The van der Waals surface area contributed by atoms with E-state index in [2.05, 4.69) is 16.0 Å². The van der Waals surface area contributed by atoms with Gasteiger partial charge < -0.3 is 24.2 Å². The van der Waals surface area contributed by atoms with Crippen LogP contribution in [0.15, 0.2) is 30.5 Å². The maximum Gasteiger partial charge on any atom is 0.427 e. The number of carbonyl (C=O) groups is 5. The highest BCUT2D eigenvalue weighted by atomic mass is 16.6. The Bertz CT molecular complexity index is 1510. The van der Waals surface area contributed by atoms with E-state index < -0.39 is 35.2 Å². The molecule has 2 fully saturated rings. The molecule has 0 N–H and O–H groups in total. The molecule has 2 saturated heterocycles. The highest BCUT2D eigenvalue weighted by Gasteiger charge is 2.40. The number of hydrogen-bond acceptors (Lipinski definition) is 9. The fourth-order valence-corrected chi connectivity index (χ4v) is 5.58. The summed E-state index contributed by atoms with van der Waals surface area (Å²) >= 11 is 0. The molecule has 12 heteroatoms. The monoisotopic (exact) mass is 635 g/mol. The second-order valence-corrected chi connectivity index (χ2v) is 13.9. The highest BCUT2D eigenvalue weighted by Crippen LogP contribution is 2.31. The Morgan fingerprint density at radius 3 is 1.96 bits per heavy atom. The highest BCUT2D eigenvalue weighted by molar-refractivity contribution is 6.17. The van der Waals surface area contributed by atoms with E-state index in [0.717, 1.165) is 16.9 Å². The van der Waals surface area contributed by atoms with Crippen LogP contribution < -0.4 is 9.80 Å². The summed E-state index contributed by atoms with van der Waals surface area (Å²) in [7, 11) is 0. The number of carbonyl (C=O) groups excluding carboxylic acids is 5. The quantitative estimate of drug-likeness (QED) is 0.428. The Morgan fingerprint density at radius 2 is 1.46 bits per heavy atom. The number of ether oxygens (including phenoxy) is 2. The molecule has 0 spiro atoms. The first kappa shape index (κ1) is 34.4. The molecular weight excluding hydrogens is 590 g/mol. The Balaban J connectivity index is 1.72. The largest absolute Gasteiger partial charge is 0.443 e. The van der Waals surface area contributed by atoms with Gasteiger partial charge in [0.1, 0.15) is 17.0 Å². The molecule has 0 bridgehead atoms. The van der Waals surface area contributed by atoms with Gasteiger partial charge in [-0.05, 0) is 98.1 Å². The molecule has 12 nitrogen and oxygen atoms in total. The van der Waals surface area contributed by atoms with Crippen LogP contribution in [0.2, 0.25) is 0 Å². The molecule has 1 atom stereocenters. The molecule has 46 heavy (non-hydrogen) atoms. The number of imide groups is 3. The van der Waals surface area contributed by atoms with Gasteiger partial charge in [0.25, 0.3) is 11.8 Å². The summed E-state index contributed by atoms with van der Waals surface area (Å²) in [4.78, 5) is 78.0. The third-order valence-corrected chi connectivity index (χ3v) is 7.64. The molecule has 1 unspecified atom stereocenters. The SMILES string of the molecule is Cc1cnc(N2CCN(C(=O)c3ccc(N4C(=O)CCC4C)cc3C(=O)N(C(=O)OC(C)(C)C)C(=O)OC(C)(C)C)CC2)c(C)c1. The number of hydrogen-bond donors (Lipinski definition) is 0. The summed E-state index contributed by atoms with van der Waals surface area (Å²) in [6.45, 7) is 17.2. The van der Waals surface area contributed by atoms with Crippen LogP contribution in [0.1, 0.15) is 93.2 Å². The van der Waals surface area contributed by atoms with Gasteiger partial charge in [-0.3, -0.25) is 14.4 Å². The third-order valence-electron chi connectivity index (χ3n) is 7.64. The predicted octanol–water partition coefficient (Wildman–Crippen LogP) is 5.49. The molecule has 1 aromatic carbocycles. The van der Waals surface area contributed by atoms with Crippen LogP contribution in [0.5, 0.6) is 0 Å². The molecule has 1 aromatic heterocycles. The van der Waals surface area contributed by atoms with Crippen molar-refractivity contribution in [3.05, 3.63) is 52.7 Å². The second-order valence-electron chi connectivity index (χ2n) is 13.9. The van der Waals surface area contributed by atoms with Gasteiger partial charge in [0, 0.05) is 50.5 Å². The molecular formula is C34H45N5O7. The van der Waals surface area contributed by atoms with E-state index in [0.29, 0.717) is 44.7 Å². The Morgan fingerprint density at radius 1 is 0.870 bits per heavy atom. The van der Waals surface area contributed by atoms with Crippen LogP contribution in [-0.4, -0.2) is 88.1 Å². The predicted molar refractivity (Wildman–Crippen MR) is 173 cm³/mol. The molecule has 5 amide bonds. The molecule has 2 aromatic rings. The van der Waals surface area contributed by atoms with Crippen LogP contribution >= 0.6 is 0 Å². The van der Waals surface area contributed by atoms with Gasteiger partial charge in [0.2, 0.25) is 5.91 Å². The van der Waals surface area contributed by atoms with E-state index in [1.54, 1.807) is 57.4 Å². The number of amides is 5. The topological polar surface area (TPSA) is 130 Å². The number of nitrogens with zero attached hydrogens (tertiary/aromatic N) is 5. The zero-order valence-corrected chi connectivity index (χ0v) is 28.3. The van der Waals surface area contributed by atoms with E-state index in [9.17, 15) is 24.0 Å². The van der Waals surface area contributed by atoms with E-state index in [4.69, 9.17) is 9.47 Å². The number of benzene rings is 1. The summed E-state index contributed by atoms with van der Waals surface area (Å²) < 4.78 is 10.8. The number of pyridine rings is 1. The first-order valence-corrected chi connectivity index (χ1v) is 15.6. The van der Waals surface area contributed by atoms with E-state index in [1.807, 2.05) is 27.0 Å². The third kappa shape index (κ3) is 7.83. The zero-order chi connectivity index (χ0) is 34.1. The van der Waals surface area contributed by atoms with E-state index >= 15 is 0 Å². The molecule has 2 aliphatic rings. The Labute approximate surface area is 270 Å². The van der Waals surface area contributed by atoms with Crippen molar-refractivity contribution in [3.8, 4) is 0 Å². The van der Waals surface area contributed by atoms with Crippen LogP contribution in [0, 0.1) is 13.8 Å². The lowest BCUT2D eigenvalue weighted by Crippen LogP contribution is -2.50. The van der Waals surface area contributed by atoms with E-state index in [-0.39, 0.29) is 28.0 Å². The van der Waals surface area contributed by atoms with E-state index in [1.165, 1.54) is 12.1 Å². The number of aromatic nitrogens is 1. The minimum atomic E-state index is -1.24. The fraction of sp³-hybridized carbons (Fsp3) is 0.529. The second kappa shape index (κ2) is 13.1. The van der Waals surface area contributed by atoms with Gasteiger partial charge in [-0.2, -0.15) is 0 Å². The molecule has 0 aliphatic carbocycles. The zero-order valence-electron chi connectivity index (χ0n) is 28.3. The molecule has 3 heterocycles. The minimum absolute atomic E-state index is 0.0109. The number of aryl methyl sites for hydroxylation is 2. The summed E-state index contributed by atoms with van der Waals surface area (Å²) in [6, 6.07) is 6.41. The van der Waals surface area contributed by atoms with Crippen LogP contribution in [0.4, 0.5) is 21.1 Å². The van der Waals surface area contributed by atoms with Gasteiger partial charge >= 0.3 is 12.2 Å². The summed E-state index contributed by atoms with van der Waals surface area (Å²) in [5.74, 6) is -0.812. The first-order valence-electron chi connectivity index (χ1n) is 15.6. The van der Waals surface area contributed by atoms with Crippen molar-refractivity contribution >= 4 is 41.4 Å². The standard InChI is InChI=1S/C34H45N5O7/c1-21-18-22(2)28(35-20-21)36-14-16-37(17-15-36)29(41)25-12-11-24(38-23(3)10-13-27(38)40)19-26(25)30(42)39(31(43)45-33(4,5)6)32(44)46-34(7,8)9/h11-12,18-20,23H,10,13-17H2,1-9H3. The lowest BCUT2D eigenvalue weighted by Gasteiger charge is -2.36. The van der Waals surface area contributed by atoms with Crippen molar-refractivity contribution in [2.24, 2.45) is 0 Å². The van der Waals surface area contributed by atoms with Crippen molar-refractivity contribution < 1.29 is 33.4 Å². The van der Waals surface area contributed by atoms with Gasteiger partial charge in [0.15, 0.2) is 0 Å². The van der Waals surface area contributed by atoms with Gasteiger partial charge in [-0.1, -0.05) is 6.07 Å². The van der Waals surface area contributed by atoms with Gasteiger partial charge in [-0.15, -0.1) is 4.90 Å². The Hall–Kier alpha value is -4.48. The lowest BCUT2D eigenvalue weighted by atomic mass is 10.0. The maximum absolute atomic E-state index is 14.3.